The van der Waals surface area contributed by atoms with Gasteiger partial charge in [0.1, 0.15) is 6.04 Å². The number of non-ortho nitro benzene ring substituents is 1. The van der Waals surface area contributed by atoms with Gasteiger partial charge in [-0.2, -0.15) is 5.26 Å². The SMILES string of the molecule is COC(=O)[C@@H](CCC#N)NC(=O)Cc1cccc([N+](=O)[O-])c1. The minimum Gasteiger partial charge on any atom is -0.467 e. The Morgan fingerprint density at radius 1 is 1.50 bits per heavy atom. The molecule has 0 spiro atoms. The van der Waals surface area contributed by atoms with E-state index in [9.17, 15) is 19.7 Å². The van der Waals surface area contributed by atoms with Gasteiger partial charge in [-0.25, -0.2) is 4.79 Å². The third-order valence-corrected chi connectivity index (χ3v) is 2.85. The van der Waals surface area contributed by atoms with Crippen LogP contribution in [0.15, 0.2) is 24.3 Å². The van der Waals surface area contributed by atoms with Crippen molar-refractivity contribution in [3.05, 3.63) is 39.9 Å². The molecule has 0 aromatic heterocycles. The van der Waals surface area contributed by atoms with Crippen LogP contribution in [0, 0.1) is 21.4 Å². The second kappa shape index (κ2) is 8.36. The molecule has 1 aromatic rings. The van der Waals surface area contributed by atoms with Crippen molar-refractivity contribution in [1.29, 1.82) is 5.26 Å². The first kappa shape index (κ1) is 17.1. The second-order valence-corrected chi connectivity index (χ2v) is 4.44. The molecule has 1 aromatic carbocycles. The highest BCUT2D eigenvalue weighted by Gasteiger charge is 2.21. The van der Waals surface area contributed by atoms with Crippen molar-refractivity contribution in [2.75, 3.05) is 7.11 Å². The molecule has 1 N–H and O–H groups in total. The topological polar surface area (TPSA) is 122 Å². The number of carbonyl (C=O) groups excluding carboxylic acids is 2. The van der Waals surface area contributed by atoms with Crippen LogP contribution in [-0.2, 0) is 20.7 Å². The van der Waals surface area contributed by atoms with Crippen molar-refractivity contribution in [2.45, 2.75) is 25.3 Å². The van der Waals surface area contributed by atoms with Crippen molar-refractivity contribution >= 4 is 17.6 Å². The second-order valence-electron chi connectivity index (χ2n) is 4.44. The summed E-state index contributed by atoms with van der Waals surface area (Å²) in [6, 6.07) is 6.66. The Morgan fingerprint density at radius 2 is 2.23 bits per heavy atom. The molecule has 116 valence electrons. The predicted octanol–water partition coefficient (Wildman–Crippen LogP) is 1.10. The highest BCUT2D eigenvalue weighted by molar-refractivity contribution is 5.85. The number of methoxy groups -OCH3 is 1. The highest BCUT2D eigenvalue weighted by atomic mass is 16.6. The number of esters is 1. The van der Waals surface area contributed by atoms with Crippen LogP contribution in [0.25, 0.3) is 0 Å². The molecule has 0 radical (unpaired) electrons. The van der Waals surface area contributed by atoms with Gasteiger partial charge in [0.2, 0.25) is 5.91 Å². The molecule has 1 atom stereocenters. The Hall–Kier alpha value is -2.95. The quantitative estimate of drug-likeness (QED) is 0.457. The van der Waals surface area contributed by atoms with Crippen molar-refractivity contribution in [1.82, 2.24) is 5.32 Å². The predicted molar refractivity (Wildman–Crippen MR) is 75.6 cm³/mol. The average Bonchev–Trinajstić information content (AvgIpc) is 2.50. The molecule has 22 heavy (non-hydrogen) atoms. The Kier molecular flexibility index (Phi) is 6.50. The molecule has 0 fully saturated rings. The molecule has 0 aliphatic carbocycles. The number of benzene rings is 1. The maximum absolute atomic E-state index is 11.9. The summed E-state index contributed by atoms with van der Waals surface area (Å²) >= 11 is 0. The molecule has 0 aliphatic rings. The number of carbonyl (C=O) groups is 2. The molecule has 8 nitrogen and oxygen atoms in total. The zero-order valence-electron chi connectivity index (χ0n) is 11.9. The molecular weight excluding hydrogens is 290 g/mol. The lowest BCUT2D eigenvalue weighted by molar-refractivity contribution is -0.384. The number of nitrogens with one attached hydrogen (secondary N) is 1. The summed E-state index contributed by atoms with van der Waals surface area (Å²) in [6.45, 7) is 0. The van der Waals surface area contributed by atoms with E-state index in [1.54, 1.807) is 6.07 Å². The van der Waals surface area contributed by atoms with Gasteiger partial charge in [0.25, 0.3) is 5.69 Å². The number of nitrogens with zero attached hydrogens (tertiary/aromatic N) is 2. The monoisotopic (exact) mass is 305 g/mol. The molecule has 0 heterocycles. The van der Waals surface area contributed by atoms with Crippen molar-refractivity contribution in [3.63, 3.8) is 0 Å². The molecule has 1 amide bonds. The minimum atomic E-state index is -0.907. The third kappa shape index (κ3) is 5.20. The maximum atomic E-state index is 11.9. The number of ether oxygens (including phenoxy) is 1. The number of hydrogen-bond acceptors (Lipinski definition) is 6. The van der Waals surface area contributed by atoms with E-state index in [0.29, 0.717) is 5.56 Å². The summed E-state index contributed by atoms with van der Waals surface area (Å²) in [7, 11) is 1.19. The Labute approximate surface area is 126 Å². The van der Waals surface area contributed by atoms with Gasteiger partial charge in [-0.1, -0.05) is 12.1 Å². The van der Waals surface area contributed by atoms with Gasteiger partial charge < -0.3 is 10.1 Å². The van der Waals surface area contributed by atoms with Gasteiger partial charge in [0.05, 0.1) is 24.5 Å². The van der Waals surface area contributed by atoms with Crippen LogP contribution in [0.3, 0.4) is 0 Å². The summed E-state index contributed by atoms with van der Waals surface area (Å²) < 4.78 is 4.56. The molecule has 8 heteroatoms. The van der Waals surface area contributed by atoms with E-state index in [2.05, 4.69) is 10.1 Å². The number of nitro groups is 1. The summed E-state index contributed by atoms with van der Waals surface area (Å²) in [6.07, 6.45) is 0.127. The van der Waals surface area contributed by atoms with E-state index in [1.165, 1.54) is 25.3 Å². The average molecular weight is 305 g/mol. The number of nitriles is 1. The smallest absolute Gasteiger partial charge is 0.328 e. The summed E-state index contributed by atoms with van der Waals surface area (Å²) in [5, 5.41) is 21.7. The van der Waals surface area contributed by atoms with Crippen LogP contribution in [0.2, 0.25) is 0 Å². The van der Waals surface area contributed by atoms with Crippen molar-refractivity contribution in [2.24, 2.45) is 0 Å². The lowest BCUT2D eigenvalue weighted by Crippen LogP contribution is -2.42. The summed E-state index contributed by atoms with van der Waals surface area (Å²) in [5.74, 6) is -1.11. The van der Waals surface area contributed by atoms with Crippen LogP contribution in [0.1, 0.15) is 18.4 Å². The fraction of sp³-hybridized carbons (Fsp3) is 0.357. The van der Waals surface area contributed by atoms with E-state index >= 15 is 0 Å². The Morgan fingerprint density at radius 3 is 2.82 bits per heavy atom. The zero-order chi connectivity index (χ0) is 16.5. The lowest BCUT2D eigenvalue weighted by Gasteiger charge is -2.15. The minimum absolute atomic E-state index is 0.0941. The number of hydrogen-bond donors (Lipinski definition) is 1. The van der Waals surface area contributed by atoms with Crippen LogP contribution in [0.4, 0.5) is 5.69 Å². The van der Waals surface area contributed by atoms with E-state index in [1.807, 2.05) is 6.07 Å². The molecular formula is C14H15N3O5. The van der Waals surface area contributed by atoms with Crippen LogP contribution >= 0.6 is 0 Å². The number of nitro benzene ring substituents is 1. The van der Waals surface area contributed by atoms with Gasteiger partial charge in [0.15, 0.2) is 0 Å². The normalized spacial score (nSPS) is 11.1. The van der Waals surface area contributed by atoms with Crippen molar-refractivity contribution in [3.8, 4) is 6.07 Å². The van der Waals surface area contributed by atoms with E-state index in [-0.39, 0.29) is 24.9 Å². The summed E-state index contributed by atoms with van der Waals surface area (Å²) in [4.78, 5) is 33.6. The van der Waals surface area contributed by atoms with Gasteiger partial charge in [-0.15, -0.1) is 0 Å². The maximum Gasteiger partial charge on any atom is 0.328 e. The molecule has 1 rings (SSSR count). The third-order valence-electron chi connectivity index (χ3n) is 2.85. The van der Waals surface area contributed by atoms with Gasteiger partial charge >= 0.3 is 5.97 Å². The number of amides is 1. The lowest BCUT2D eigenvalue weighted by atomic mass is 10.1. The zero-order valence-corrected chi connectivity index (χ0v) is 11.9. The number of rotatable bonds is 7. The van der Waals surface area contributed by atoms with Crippen LogP contribution < -0.4 is 5.32 Å². The van der Waals surface area contributed by atoms with Gasteiger partial charge in [0, 0.05) is 18.6 Å². The first-order valence-electron chi connectivity index (χ1n) is 6.45. The highest BCUT2D eigenvalue weighted by Crippen LogP contribution is 2.13. The summed E-state index contributed by atoms with van der Waals surface area (Å²) in [5.41, 5.74) is 0.342. The Bertz CT molecular complexity index is 609. The first-order chi connectivity index (χ1) is 10.5. The van der Waals surface area contributed by atoms with E-state index < -0.39 is 22.8 Å². The molecule has 0 saturated carbocycles. The Balaban J connectivity index is 2.71. The largest absolute Gasteiger partial charge is 0.467 e. The first-order valence-corrected chi connectivity index (χ1v) is 6.45. The van der Waals surface area contributed by atoms with Gasteiger partial charge in [-0.05, 0) is 12.0 Å². The van der Waals surface area contributed by atoms with Gasteiger partial charge in [-0.3, -0.25) is 14.9 Å². The molecule has 0 unspecified atom stereocenters. The van der Waals surface area contributed by atoms with Crippen LogP contribution in [-0.4, -0.2) is 30.0 Å². The van der Waals surface area contributed by atoms with E-state index in [0.717, 1.165) is 0 Å². The fourth-order valence-corrected chi connectivity index (χ4v) is 1.81. The van der Waals surface area contributed by atoms with Crippen LogP contribution in [0.5, 0.6) is 0 Å². The fourth-order valence-electron chi connectivity index (χ4n) is 1.81. The molecule has 0 saturated heterocycles. The van der Waals surface area contributed by atoms with Crippen molar-refractivity contribution < 1.29 is 19.2 Å². The molecule has 0 aliphatic heterocycles. The van der Waals surface area contributed by atoms with E-state index in [4.69, 9.17) is 5.26 Å². The molecule has 0 bridgehead atoms. The standard InChI is InChI=1S/C14H15N3O5/c1-22-14(19)12(6-3-7-15)16-13(18)9-10-4-2-5-11(8-10)17(20)21/h2,4-5,8,12H,3,6,9H2,1H3,(H,16,18)/t12-/m1/s1.